The molecule has 0 unspecified atom stereocenters. The van der Waals surface area contributed by atoms with Crippen LogP contribution in [0.5, 0.6) is 0 Å². The van der Waals surface area contributed by atoms with E-state index in [1.807, 2.05) is 6.07 Å². The van der Waals surface area contributed by atoms with E-state index in [-0.39, 0.29) is 5.82 Å². The number of rotatable bonds is 2. The Morgan fingerprint density at radius 2 is 1.90 bits per heavy atom. The van der Waals surface area contributed by atoms with Gasteiger partial charge in [0.15, 0.2) is 0 Å². The van der Waals surface area contributed by atoms with Crippen molar-refractivity contribution in [2.45, 2.75) is 25.9 Å². The molecule has 3 heteroatoms. The first kappa shape index (κ1) is 13.1. The first-order chi connectivity index (χ1) is 9.70. The van der Waals surface area contributed by atoms with E-state index >= 15 is 0 Å². The van der Waals surface area contributed by atoms with Crippen molar-refractivity contribution in [1.29, 1.82) is 0 Å². The highest BCUT2D eigenvalue weighted by molar-refractivity contribution is 5.41. The average molecular weight is 270 g/mol. The Balaban J connectivity index is 1.78. The van der Waals surface area contributed by atoms with Crippen LogP contribution >= 0.6 is 0 Å². The Labute approximate surface area is 119 Å². The zero-order valence-electron chi connectivity index (χ0n) is 11.5. The van der Waals surface area contributed by atoms with Crippen molar-refractivity contribution in [3.05, 3.63) is 65.0 Å². The van der Waals surface area contributed by atoms with Gasteiger partial charge in [-0.15, -0.1) is 0 Å². The second-order valence-electron chi connectivity index (χ2n) is 5.48. The summed E-state index contributed by atoms with van der Waals surface area (Å²) >= 11 is 0. The maximum Gasteiger partial charge on any atom is 0.125 e. The smallest absolute Gasteiger partial charge is 0.125 e. The first-order valence-electron chi connectivity index (χ1n) is 7.05. The highest BCUT2D eigenvalue weighted by Crippen LogP contribution is 2.21. The molecule has 1 aliphatic heterocycles. The number of hydrogen-bond acceptors (Lipinski definition) is 2. The van der Waals surface area contributed by atoms with Gasteiger partial charge in [0, 0.05) is 18.8 Å². The van der Waals surface area contributed by atoms with Crippen molar-refractivity contribution < 1.29 is 4.39 Å². The van der Waals surface area contributed by atoms with Gasteiger partial charge in [-0.25, -0.2) is 4.39 Å². The minimum Gasteiger partial charge on any atom is -0.399 e. The number of fused-ring (bicyclic) bond motifs is 1. The zero-order chi connectivity index (χ0) is 13.9. The van der Waals surface area contributed by atoms with Gasteiger partial charge in [0.05, 0.1) is 0 Å². The average Bonchev–Trinajstić information content (AvgIpc) is 2.59. The van der Waals surface area contributed by atoms with Crippen molar-refractivity contribution in [2.75, 3.05) is 12.3 Å². The van der Waals surface area contributed by atoms with Crippen molar-refractivity contribution in [3.63, 3.8) is 0 Å². The Bertz CT molecular complexity index is 589. The molecule has 0 aromatic heterocycles. The largest absolute Gasteiger partial charge is 0.399 e. The van der Waals surface area contributed by atoms with E-state index in [0.29, 0.717) is 5.69 Å². The van der Waals surface area contributed by atoms with E-state index in [2.05, 4.69) is 29.2 Å². The molecule has 0 amide bonds. The molecule has 2 aromatic rings. The summed E-state index contributed by atoms with van der Waals surface area (Å²) in [6, 6.07) is 13.4. The summed E-state index contributed by atoms with van der Waals surface area (Å²) in [6.07, 6.45) is 2.26. The number of hydrogen-bond donors (Lipinski definition) is 1. The quantitative estimate of drug-likeness (QED) is 0.848. The number of halogens is 1. The molecule has 2 N–H and O–H groups in total. The van der Waals surface area contributed by atoms with Gasteiger partial charge in [0.2, 0.25) is 0 Å². The number of aryl methyl sites for hydroxylation is 1. The third kappa shape index (κ3) is 2.99. The number of benzene rings is 2. The van der Waals surface area contributed by atoms with Crippen LogP contribution in [0.3, 0.4) is 0 Å². The van der Waals surface area contributed by atoms with E-state index in [9.17, 15) is 4.39 Å². The highest BCUT2D eigenvalue weighted by atomic mass is 19.1. The fourth-order valence-electron chi connectivity index (χ4n) is 2.93. The lowest BCUT2D eigenvalue weighted by molar-refractivity contribution is 0.261. The number of anilines is 1. The Morgan fingerprint density at radius 3 is 2.70 bits per heavy atom. The molecule has 3 rings (SSSR count). The topological polar surface area (TPSA) is 29.3 Å². The molecular weight excluding hydrogens is 251 g/mol. The molecule has 20 heavy (non-hydrogen) atoms. The van der Waals surface area contributed by atoms with Crippen molar-refractivity contribution >= 4 is 5.69 Å². The fourth-order valence-corrected chi connectivity index (χ4v) is 2.93. The van der Waals surface area contributed by atoms with E-state index < -0.39 is 0 Å². The van der Waals surface area contributed by atoms with Gasteiger partial charge in [-0.05, 0) is 54.3 Å². The van der Waals surface area contributed by atoms with Crippen LogP contribution < -0.4 is 5.73 Å². The molecule has 0 radical (unpaired) electrons. The van der Waals surface area contributed by atoms with Crippen LogP contribution in [0.1, 0.15) is 23.1 Å². The second kappa shape index (κ2) is 5.63. The maximum atomic E-state index is 13.4. The minimum absolute atomic E-state index is 0.254. The summed E-state index contributed by atoms with van der Waals surface area (Å²) in [4.78, 5) is 2.36. The summed E-state index contributed by atoms with van der Waals surface area (Å²) in [6.45, 7) is 2.70. The van der Waals surface area contributed by atoms with Crippen LogP contribution in [0.25, 0.3) is 0 Å². The van der Waals surface area contributed by atoms with Crippen molar-refractivity contribution in [2.24, 2.45) is 0 Å². The molecule has 0 spiro atoms. The lowest BCUT2D eigenvalue weighted by Gasteiger charge is -2.20. The van der Waals surface area contributed by atoms with Crippen LogP contribution in [-0.4, -0.2) is 11.4 Å². The monoisotopic (exact) mass is 270 g/mol. The predicted octanol–water partition coefficient (Wildman–Crippen LogP) is 3.36. The van der Waals surface area contributed by atoms with E-state index in [4.69, 9.17) is 5.73 Å². The van der Waals surface area contributed by atoms with Crippen molar-refractivity contribution in [3.8, 4) is 0 Å². The standard InChI is InChI=1S/C17H19FN2/c18-16-8-13(9-17(19)10-16)11-20-7-3-6-14-4-1-2-5-15(14)12-20/h1-2,4-5,8-10H,3,6-7,11-12,19H2. The molecule has 104 valence electrons. The van der Waals surface area contributed by atoms with E-state index in [1.165, 1.54) is 17.2 Å². The predicted molar refractivity (Wildman–Crippen MR) is 79.7 cm³/mol. The molecule has 0 saturated heterocycles. The molecule has 0 saturated carbocycles. The number of nitrogens with zero attached hydrogens (tertiary/aromatic N) is 1. The van der Waals surface area contributed by atoms with Gasteiger partial charge in [-0.2, -0.15) is 0 Å². The van der Waals surface area contributed by atoms with Crippen LogP contribution in [-0.2, 0) is 19.5 Å². The Morgan fingerprint density at radius 1 is 1.10 bits per heavy atom. The van der Waals surface area contributed by atoms with Gasteiger partial charge in [-0.1, -0.05) is 24.3 Å². The number of nitrogens with two attached hydrogens (primary N) is 1. The molecule has 1 aliphatic rings. The maximum absolute atomic E-state index is 13.4. The van der Waals surface area contributed by atoms with Crippen LogP contribution in [0, 0.1) is 5.82 Å². The molecular formula is C17H19FN2. The third-order valence-electron chi connectivity index (χ3n) is 3.82. The van der Waals surface area contributed by atoms with Crippen LogP contribution in [0.15, 0.2) is 42.5 Å². The molecule has 0 atom stereocenters. The Hall–Kier alpha value is -1.87. The van der Waals surface area contributed by atoms with Crippen LogP contribution in [0.4, 0.5) is 10.1 Å². The van der Waals surface area contributed by atoms with Gasteiger partial charge < -0.3 is 5.73 Å². The SMILES string of the molecule is Nc1cc(F)cc(CN2CCCc3ccccc3C2)c1. The van der Waals surface area contributed by atoms with Gasteiger partial charge in [0.25, 0.3) is 0 Å². The summed E-state index contributed by atoms with van der Waals surface area (Å²) in [5.74, 6) is -0.254. The molecule has 0 aliphatic carbocycles. The third-order valence-corrected chi connectivity index (χ3v) is 3.82. The molecule has 0 bridgehead atoms. The van der Waals surface area contributed by atoms with Gasteiger partial charge in [-0.3, -0.25) is 4.90 Å². The van der Waals surface area contributed by atoms with Gasteiger partial charge >= 0.3 is 0 Å². The Kier molecular flexibility index (Phi) is 3.70. The molecule has 0 fully saturated rings. The first-order valence-corrected chi connectivity index (χ1v) is 7.05. The van der Waals surface area contributed by atoms with Gasteiger partial charge in [0.1, 0.15) is 5.82 Å². The minimum atomic E-state index is -0.254. The molecule has 1 heterocycles. The van der Waals surface area contributed by atoms with E-state index in [1.54, 1.807) is 6.07 Å². The lowest BCUT2D eigenvalue weighted by atomic mass is 10.0. The second-order valence-corrected chi connectivity index (χ2v) is 5.48. The zero-order valence-corrected chi connectivity index (χ0v) is 11.5. The van der Waals surface area contributed by atoms with Crippen molar-refractivity contribution in [1.82, 2.24) is 4.90 Å². The molecule has 2 aromatic carbocycles. The van der Waals surface area contributed by atoms with E-state index in [0.717, 1.165) is 38.0 Å². The fraction of sp³-hybridized carbons (Fsp3) is 0.294. The molecule has 2 nitrogen and oxygen atoms in total. The summed E-state index contributed by atoms with van der Waals surface area (Å²) < 4.78 is 13.4. The lowest BCUT2D eigenvalue weighted by Crippen LogP contribution is -2.22. The van der Waals surface area contributed by atoms with Crippen LogP contribution in [0.2, 0.25) is 0 Å². The summed E-state index contributed by atoms with van der Waals surface area (Å²) in [5.41, 5.74) is 9.98. The number of nitrogen functional groups attached to an aromatic ring is 1. The summed E-state index contributed by atoms with van der Waals surface area (Å²) in [5, 5.41) is 0. The highest BCUT2D eigenvalue weighted by Gasteiger charge is 2.14. The summed E-state index contributed by atoms with van der Waals surface area (Å²) in [7, 11) is 0. The normalized spacial score (nSPS) is 15.7.